The minimum Gasteiger partial charge on any atom is -0.445 e. The molecule has 4 heteroatoms. The van der Waals surface area contributed by atoms with Gasteiger partial charge in [0.2, 0.25) is 0 Å². The van der Waals surface area contributed by atoms with Crippen molar-refractivity contribution in [3.63, 3.8) is 0 Å². The Bertz CT molecular complexity index is 725. The minimum absolute atomic E-state index is 0.142. The number of nitrogens with zero attached hydrogens (tertiary/aromatic N) is 1. The lowest BCUT2D eigenvalue weighted by atomic mass is 10.0. The van der Waals surface area contributed by atoms with E-state index in [0.29, 0.717) is 13.2 Å². The molecule has 0 spiro atoms. The molecule has 0 saturated carbocycles. The predicted molar refractivity (Wildman–Crippen MR) is 195 cm³/mol. The van der Waals surface area contributed by atoms with Crippen molar-refractivity contribution >= 4 is 6.09 Å². The number of carbonyl (C=O) groups is 1. The normalized spacial score (nSPS) is 11.2. The average Bonchev–Trinajstić information content (AvgIpc) is 3.06. The van der Waals surface area contributed by atoms with Crippen LogP contribution < -0.4 is 0 Å². The van der Waals surface area contributed by atoms with E-state index in [2.05, 4.69) is 6.92 Å². The van der Waals surface area contributed by atoms with Crippen molar-refractivity contribution in [3.8, 4) is 0 Å². The molecule has 0 saturated heterocycles. The highest BCUT2D eigenvalue weighted by Gasteiger charge is 2.14. The zero-order valence-electron chi connectivity index (χ0n) is 29.9. The summed E-state index contributed by atoms with van der Waals surface area (Å²) in [5, 5.41) is 8.85. The Morgan fingerprint density at radius 1 is 0.511 bits per heavy atom. The van der Waals surface area contributed by atoms with Crippen LogP contribution >= 0.6 is 0 Å². The molecule has 1 N–H and O–H groups in total. The van der Waals surface area contributed by atoms with Crippen LogP contribution in [-0.4, -0.2) is 35.8 Å². The summed E-state index contributed by atoms with van der Waals surface area (Å²) >= 11 is 0. The number of hydrogen-bond acceptors (Lipinski definition) is 3. The molecule has 262 valence electrons. The molecule has 1 amide bonds. The first-order valence-corrected chi connectivity index (χ1v) is 19.8. The Balaban J connectivity index is 2.11. The number of amides is 1. The van der Waals surface area contributed by atoms with Gasteiger partial charge in [-0.25, -0.2) is 4.79 Å². The molecule has 1 aromatic rings. The van der Waals surface area contributed by atoms with Crippen LogP contribution in [0.2, 0.25) is 0 Å². The third-order valence-corrected chi connectivity index (χ3v) is 9.33. The molecule has 0 unspecified atom stereocenters. The van der Waals surface area contributed by atoms with Crippen LogP contribution in [0, 0.1) is 0 Å². The Morgan fingerprint density at radius 2 is 0.844 bits per heavy atom. The highest BCUT2D eigenvalue weighted by molar-refractivity contribution is 5.67. The van der Waals surface area contributed by atoms with E-state index < -0.39 is 0 Å². The van der Waals surface area contributed by atoms with Gasteiger partial charge < -0.3 is 14.7 Å². The van der Waals surface area contributed by atoms with Crippen LogP contribution in [-0.2, 0) is 11.3 Å². The van der Waals surface area contributed by atoms with Gasteiger partial charge in [-0.3, -0.25) is 0 Å². The van der Waals surface area contributed by atoms with E-state index in [1.165, 1.54) is 167 Å². The number of aliphatic hydroxyl groups is 1. The van der Waals surface area contributed by atoms with E-state index in [1.807, 2.05) is 35.2 Å². The first kappa shape index (κ1) is 41.5. The lowest BCUT2D eigenvalue weighted by molar-refractivity contribution is 0.0947. The highest BCUT2D eigenvalue weighted by Crippen LogP contribution is 2.16. The van der Waals surface area contributed by atoms with Crippen LogP contribution in [0.1, 0.15) is 199 Å². The van der Waals surface area contributed by atoms with Gasteiger partial charge in [-0.15, -0.1) is 0 Å². The van der Waals surface area contributed by atoms with E-state index in [9.17, 15) is 4.79 Å². The van der Waals surface area contributed by atoms with Crippen molar-refractivity contribution in [1.82, 2.24) is 4.90 Å². The molecule has 45 heavy (non-hydrogen) atoms. The lowest BCUT2D eigenvalue weighted by Crippen LogP contribution is -2.33. The van der Waals surface area contributed by atoms with E-state index in [-0.39, 0.29) is 6.09 Å². The zero-order valence-corrected chi connectivity index (χ0v) is 29.9. The van der Waals surface area contributed by atoms with E-state index >= 15 is 0 Å². The molecule has 0 atom stereocenters. The number of benzene rings is 1. The van der Waals surface area contributed by atoms with Gasteiger partial charge in [0.05, 0.1) is 0 Å². The number of unbranched alkanes of at least 4 members (excludes halogenated alkanes) is 27. The Hall–Kier alpha value is -1.55. The van der Waals surface area contributed by atoms with Crippen LogP contribution in [0.4, 0.5) is 4.79 Å². The summed E-state index contributed by atoms with van der Waals surface area (Å²) in [6.07, 6.45) is 38.1. The predicted octanol–water partition coefficient (Wildman–Crippen LogP) is 13.0. The minimum atomic E-state index is -0.142. The van der Waals surface area contributed by atoms with Crippen LogP contribution in [0.25, 0.3) is 0 Å². The van der Waals surface area contributed by atoms with Gasteiger partial charge in [0, 0.05) is 19.7 Å². The van der Waals surface area contributed by atoms with Crippen molar-refractivity contribution < 1.29 is 14.6 Å². The largest absolute Gasteiger partial charge is 0.445 e. The summed E-state index contributed by atoms with van der Waals surface area (Å²) in [7, 11) is 0. The molecular formula is C41H75NO3. The maximum Gasteiger partial charge on any atom is 0.410 e. The fourth-order valence-corrected chi connectivity index (χ4v) is 6.31. The Morgan fingerprint density at radius 3 is 1.20 bits per heavy atom. The first-order valence-electron chi connectivity index (χ1n) is 19.8. The van der Waals surface area contributed by atoms with Crippen molar-refractivity contribution in [2.45, 2.75) is 200 Å². The summed E-state index contributed by atoms with van der Waals surface area (Å²) in [4.78, 5) is 14.9. The van der Waals surface area contributed by atoms with Crippen LogP contribution in [0.5, 0.6) is 0 Å². The standard InChI is InChI=1S/C41H75NO3/c1-2-3-4-5-6-7-8-9-10-11-13-16-19-22-25-31-36-42(41(44)45-39-40-34-29-28-30-35-40)37-32-26-23-20-17-14-12-15-18-21-24-27-33-38-43/h28-30,34-35,43H,2-27,31-33,36-39H2,1H3. The SMILES string of the molecule is CCCCCCCCCCCCCCCCCCN(CCCCCCCCCCCCCCCO)C(=O)OCc1ccccc1. The second kappa shape index (κ2) is 33.8. The molecule has 0 radical (unpaired) electrons. The molecule has 0 aliphatic carbocycles. The smallest absolute Gasteiger partial charge is 0.410 e. The molecule has 0 fully saturated rings. The maximum absolute atomic E-state index is 13.0. The topological polar surface area (TPSA) is 49.8 Å². The number of ether oxygens (including phenoxy) is 1. The molecule has 0 heterocycles. The van der Waals surface area contributed by atoms with Gasteiger partial charge in [-0.05, 0) is 24.8 Å². The van der Waals surface area contributed by atoms with Gasteiger partial charge >= 0.3 is 6.09 Å². The van der Waals surface area contributed by atoms with E-state index in [1.54, 1.807) is 0 Å². The van der Waals surface area contributed by atoms with Crippen molar-refractivity contribution in [3.05, 3.63) is 35.9 Å². The molecule has 1 aromatic carbocycles. The fraction of sp³-hybridized carbons (Fsp3) is 0.829. The molecule has 0 aliphatic rings. The van der Waals surface area contributed by atoms with Gasteiger partial charge in [0.25, 0.3) is 0 Å². The third kappa shape index (κ3) is 28.4. The van der Waals surface area contributed by atoms with E-state index in [4.69, 9.17) is 9.84 Å². The first-order chi connectivity index (χ1) is 22.3. The third-order valence-electron chi connectivity index (χ3n) is 9.33. The Labute approximate surface area is 280 Å². The van der Waals surface area contributed by atoms with Crippen molar-refractivity contribution in [2.75, 3.05) is 19.7 Å². The maximum atomic E-state index is 13.0. The molecule has 0 aromatic heterocycles. The summed E-state index contributed by atoms with van der Waals surface area (Å²) < 4.78 is 5.72. The summed E-state index contributed by atoms with van der Waals surface area (Å²) in [5.74, 6) is 0. The molecule has 4 nitrogen and oxygen atoms in total. The summed E-state index contributed by atoms with van der Waals surface area (Å²) in [5.41, 5.74) is 1.05. The number of aliphatic hydroxyl groups excluding tert-OH is 1. The van der Waals surface area contributed by atoms with Crippen molar-refractivity contribution in [1.29, 1.82) is 0 Å². The molecule has 0 bridgehead atoms. The second-order valence-corrected chi connectivity index (χ2v) is 13.7. The monoisotopic (exact) mass is 630 g/mol. The number of hydrogen-bond donors (Lipinski definition) is 1. The number of rotatable bonds is 34. The van der Waals surface area contributed by atoms with Crippen LogP contribution in [0.15, 0.2) is 30.3 Å². The van der Waals surface area contributed by atoms with Crippen LogP contribution in [0.3, 0.4) is 0 Å². The van der Waals surface area contributed by atoms with E-state index in [0.717, 1.165) is 37.9 Å². The lowest BCUT2D eigenvalue weighted by Gasteiger charge is -2.22. The van der Waals surface area contributed by atoms with Gasteiger partial charge in [0.15, 0.2) is 0 Å². The summed E-state index contributed by atoms with van der Waals surface area (Å²) in [6.45, 7) is 4.64. The molecule has 1 rings (SSSR count). The zero-order chi connectivity index (χ0) is 32.3. The number of carbonyl (C=O) groups excluding carboxylic acids is 1. The second-order valence-electron chi connectivity index (χ2n) is 13.7. The highest BCUT2D eigenvalue weighted by atomic mass is 16.6. The Kier molecular flexibility index (Phi) is 31.2. The summed E-state index contributed by atoms with van der Waals surface area (Å²) in [6, 6.07) is 10.0. The molecular weight excluding hydrogens is 554 g/mol. The van der Waals surface area contributed by atoms with Crippen molar-refractivity contribution in [2.24, 2.45) is 0 Å². The average molecular weight is 630 g/mol. The quantitative estimate of drug-likeness (QED) is 0.0772. The molecule has 0 aliphatic heterocycles. The van der Waals surface area contributed by atoms with Gasteiger partial charge in [0.1, 0.15) is 6.61 Å². The van der Waals surface area contributed by atoms with Gasteiger partial charge in [-0.1, -0.05) is 204 Å². The fourth-order valence-electron chi connectivity index (χ4n) is 6.31. The van der Waals surface area contributed by atoms with Gasteiger partial charge in [-0.2, -0.15) is 0 Å².